The standard InChI is InChI=1S/C25H27N3O2/c1-19(16-28-15-14-27-18-28)21-8-12-23(13-9-21)30-25-5-3-2-4-24(25)29-17-20-6-10-22(26)11-7-20/h2-13,18-19H,14-17,26H2,1H3. The minimum atomic E-state index is 0.430. The van der Waals surface area contributed by atoms with Crippen molar-refractivity contribution < 1.29 is 9.47 Å². The first kappa shape index (κ1) is 19.8. The number of rotatable bonds is 8. The van der Waals surface area contributed by atoms with Crippen LogP contribution < -0.4 is 15.2 Å². The average molecular weight is 402 g/mol. The quantitative estimate of drug-likeness (QED) is 0.534. The van der Waals surface area contributed by atoms with Gasteiger partial charge in [-0.2, -0.15) is 0 Å². The first-order chi connectivity index (χ1) is 14.7. The van der Waals surface area contributed by atoms with Crippen molar-refractivity contribution in [2.75, 3.05) is 25.4 Å². The van der Waals surface area contributed by atoms with Crippen molar-refractivity contribution in [3.8, 4) is 17.2 Å². The third kappa shape index (κ3) is 5.11. The molecule has 3 aromatic carbocycles. The molecule has 0 amide bonds. The lowest BCUT2D eigenvalue weighted by atomic mass is 10.0. The fourth-order valence-electron chi connectivity index (χ4n) is 3.43. The molecule has 0 saturated heterocycles. The van der Waals surface area contributed by atoms with E-state index in [2.05, 4.69) is 28.9 Å². The van der Waals surface area contributed by atoms with Crippen LogP contribution in [0.1, 0.15) is 24.0 Å². The third-order valence-electron chi connectivity index (χ3n) is 5.17. The minimum Gasteiger partial charge on any atom is -0.485 e. The zero-order chi connectivity index (χ0) is 20.8. The van der Waals surface area contributed by atoms with Gasteiger partial charge in [-0.1, -0.05) is 43.3 Å². The monoisotopic (exact) mass is 401 g/mol. The van der Waals surface area contributed by atoms with E-state index in [1.165, 1.54) is 5.56 Å². The zero-order valence-electron chi connectivity index (χ0n) is 17.2. The number of hydrogen-bond donors (Lipinski definition) is 1. The van der Waals surface area contributed by atoms with E-state index in [9.17, 15) is 0 Å². The minimum absolute atomic E-state index is 0.430. The zero-order valence-corrected chi connectivity index (χ0v) is 17.2. The Bertz CT molecular complexity index is 984. The Hall–Kier alpha value is -3.47. The van der Waals surface area contributed by atoms with E-state index in [-0.39, 0.29) is 0 Å². The maximum atomic E-state index is 6.11. The Labute approximate surface area is 177 Å². The summed E-state index contributed by atoms with van der Waals surface area (Å²) >= 11 is 0. The van der Waals surface area contributed by atoms with Gasteiger partial charge >= 0.3 is 0 Å². The molecule has 154 valence electrons. The van der Waals surface area contributed by atoms with Gasteiger partial charge in [-0.15, -0.1) is 0 Å². The summed E-state index contributed by atoms with van der Waals surface area (Å²) in [4.78, 5) is 6.55. The number of nitrogens with zero attached hydrogens (tertiary/aromatic N) is 2. The maximum absolute atomic E-state index is 6.11. The number of anilines is 1. The van der Waals surface area contributed by atoms with Crippen LogP contribution in [0.3, 0.4) is 0 Å². The SMILES string of the molecule is CC(CN1C=NCC1)c1ccc(Oc2ccccc2OCc2ccc(N)cc2)cc1. The van der Waals surface area contributed by atoms with Crippen LogP contribution in [0.4, 0.5) is 5.69 Å². The van der Waals surface area contributed by atoms with Crippen molar-refractivity contribution in [2.24, 2.45) is 4.99 Å². The van der Waals surface area contributed by atoms with Gasteiger partial charge in [0.25, 0.3) is 0 Å². The van der Waals surface area contributed by atoms with Gasteiger partial charge in [0.15, 0.2) is 11.5 Å². The molecule has 1 aliphatic heterocycles. The van der Waals surface area contributed by atoms with E-state index >= 15 is 0 Å². The predicted octanol–water partition coefficient (Wildman–Crippen LogP) is 5.09. The summed E-state index contributed by atoms with van der Waals surface area (Å²) in [5.74, 6) is 2.62. The maximum Gasteiger partial charge on any atom is 0.169 e. The topological polar surface area (TPSA) is 60.1 Å². The van der Waals surface area contributed by atoms with Gasteiger partial charge < -0.3 is 20.1 Å². The molecule has 4 rings (SSSR count). The second kappa shape index (κ2) is 9.35. The Morgan fingerprint density at radius 2 is 1.70 bits per heavy atom. The highest BCUT2D eigenvalue weighted by molar-refractivity contribution is 5.57. The van der Waals surface area contributed by atoms with Crippen molar-refractivity contribution in [3.63, 3.8) is 0 Å². The van der Waals surface area contributed by atoms with E-state index in [1.54, 1.807) is 0 Å². The highest BCUT2D eigenvalue weighted by Crippen LogP contribution is 2.32. The van der Waals surface area contributed by atoms with Crippen LogP contribution in [0, 0.1) is 0 Å². The molecule has 0 radical (unpaired) electrons. The van der Waals surface area contributed by atoms with Crippen LogP contribution >= 0.6 is 0 Å². The van der Waals surface area contributed by atoms with Crippen LogP contribution in [-0.2, 0) is 6.61 Å². The number of para-hydroxylation sites is 2. The third-order valence-corrected chi connectivity index (χ3v) is 5.17. The Morgan fingerprint density at radius 3 is 2.40 bits per heavy atom. The van der Waals surface area contributed by atoms with E-state index in [0.29, 0.717) is 24.0 Å². The molecule has 0 fully saturated rings. The summed E-state index contributed by atoms with van der Waals surface area (Å²) in [6.45, 7) is 5.59. The summed E-state index contributed by atoms with van der Waals surface area (Å²) in [6, 6.07) is 23.7. The molecule has 1 unspecified atom stereocenters. The van der Waals surface area contributed by atoms with Crippen LogP contribution in [0.2, 0.25) is 0 Å². The van der Waals surface area contributed by atoms with Gasteiger partial charge in [0, 0.05) is 18.8 Å². The smallest absolute Gasteiger partial charge is 0.169 e. The van der Waals surface area contributed by atoms with E-state index < -0.39 is 0 Å². The molecule has 30 heavy (non-hydrogen) atoms. The molecule has 0 bridgehead atoms. The van der Waals surface area contributed by atoms with Crippen LogP contribution in [0.5, 0.6) is 17.2 Å². The second-order valence-electron chi connectivity index (χ2n) is 7.57. The van der Waals surface area contributed by atoms with E-state index in [1.807, 2.05) is 67.0 Å². The fraction of sp³-hybridized carbons (Fsp3) is 0.240. The first-order valence-corrected chi connectivity index (χ1v) is 10.3. The summed E-state index contributed by atoms with van der Waals surface area (Å²) < 4.78 is 12.1. The van der Waals surface area contributed by atoms with Gasteiger partial charge in [0.2, 0.25) is 0 Å². The lowest BCUT2D eigenvalue weighted by Crippen LogP contribution is -2.24. The van der Waals surface area contributed by atoms with Gasteiger partial charge in [-0.05, 0) is 53.4 Å². The molecule has 0 spiro atoms. The van der Waals surface area contributed by atoms with E-state index in [0.717, 1.165) is 36.6 Å². The second-order valence-corrected chi connectivity index (χ2v) is 7.57. The highest BCUT2D eigenvalue weighted by atomic mass is 16.5. The largest absolute Gasteiger partial charge is 0.485 e. The molecule has 1 heterocycles. The molecule has 0 aliphatic carbocycles. The van der Waals surface area contributed by atoms with Gasteiger partial charge in [-0.3, -0.25) is 4.99 Å². The molecule has 2 N–H and O–H groups in total. The van der Waals surface area contributed by atoms with Gasteiger partial charge in [-0.25, -0.2) is 0 Å². The summed E-state index contributed by atoms with van der Waals surface area (Å²) in [7, 11) is 0. The fourth-order valence-corrected chi connectivity index (χ4v) is 3.43. The number of nitrogens with two attached hydrogens (primary N) is 1. The normalized spacial score (nSPS) is 14.0. The number of ether oxygens (including phenoxy) is 2. The van der Waals surface area contributed by atoms with Crippen LogP contribution in [0.25, 0.3) is 0 Å². The summed E-state index contributed by atoms with van der Waals surface area (Å²) in [5.41, 5.74) is 8.83. The Kier molecular flexibility index (Phi) is 6.18. The van der Waals surface area contributed by atoms with Crippen LogP contribution in [0.15, 0.2) is 77.8 Å². The van der Waals surface area contributed by atoms with Crippen molar-refractivity contribution >= 4 is 12.0 Å². The number of benzene rings is 3. The van der Waals surface area contributed by atoms with E-state index in [4.69, 9.17) is 15.2 Å². The Morgan fingerprint density at radius 1 is 0.967 bits per heavy atom. The number of nitrogen functional groups attached to an aromatic ring is 1. The number of aliphatic imine (C=N–C) groups is 1. The lowest BCUT2D eigenvalue weighted by Gasteiger charge is -2.20. The van der Waals surface area contributed by atoms with Crippen molar-refractivity contribution in [1.29, 1.82) is 0 Å². The lowest BCUT2D eigenvalue weighted by molar-refractivity contribution is 0.291. The molecular formula is C25H27N3O2. The number of hydrogen-bond acceptors (Lipinski definition) is 5. The first-order valence-electron chi connectivity index (χ1n) is 10.3. The molecule has 0 saturated carbocycles. The van der Waals surface area contributed by atoms with Gasteiger partial charge in [0.05, 0.1) is 12.9 Å². The summed E-state index contributed by atoms with van der Waals surface area (Å²) in [6.07, 6.45) is 1.95. The predicted molar refractivity (Wildman–Crippen MR) is 121 cm³/mol. The molecule has 0 aromatic heterocycles. The molecule has 3 aromatic rings. The molecule has 5 nitrogen and oxygen atoms in total. The van der Waals surface area contributed by atoms with Crippen molar-refractivity contribution in [2.45, 2.75) is 19.4 Å². The summed E-state index contributed by atoms with van der Waals surface area (Å²) in [5, 5.41) is 0. The Balaban J connectivity index is 1.39. The molecule has 1 aliphatic rings. The van der Waals surface area contributed by atoms with Gasteiger partial charge in [0.1, 0.15) is 12.4 Å². The molecular weight excluding hydrogens is 374 g/mol. The average Bonchev–Trinajstić information content (AvgIpc) is 3.28. The molecule has 1 atom stereocenters. The highest BCUT2D eigenvalue weighted by Gasteiger charge is 2.13. The molecule has 5 heteroatoms. The van der Waals surface area contributed by atoms with Crippen molar-refractivity contribution in [3.05, 3.63) is 83.9 Å². The van der Waals surface area contributed by atoms with Crippen molar-refractivity contribution in [1.82, 2.24) is 4.90 Å². The van der Waals surface area contributed by atoms with Crippen LogP contribution in [-0.4, -0.2) is 30.9 Å².